The van der Waals surface area contributed by atoms with Crippen LogP contribution in [0.15, 0.2) is 47.3 Å². The second kappa shape index (κ2) is 6.40. The zero-order valence-electron chi connectivity index (χ0n) is 14.3. The number of carbonyl (C=O) groups excluding carboxylic acids is 2. The topological polar surface area (TPSA) is 95.2 Å². The molecule has 1 spiro atoms. The van der Waals surface area contributed by atoms with Gasteiger partial charge in [-0.25, -0.2) is 5.10 Å². The van der Waals surface area contributed by atoms with Crippen LogP contribution in [0.2, 0.25) is 0 Å². The van der Waals surface area contributed by atoms with E-state index in [1.807, 2.05) is 18.2 Å². The minimum absolute atomic E-state index is 0.0839. The molecule has 1 unspecified atom stereocenters. The third kappa shape index (κ3) is 2.69. The summed E-state index contributed by atoms with van der Waals surface area (Å²) in [7, 11) is 0. The smallest absolute Gasteiger partial charge is 0.274 e. The molecule has 2 aliphatic rings. The Kier molecular flexibility index (Phi) is 4.06. The lowest BCUT2D eigenvalue weighted by atomic mass is 9.68. The quantitative estimate of drug-likeness (QED) is 0.840. The average molecular weight is 352 g/mol. The van der Waals surface area contributed by atoms with E-state index in [1.54, 1.807) is 4.90 Å². The van der Waals surface area contributed by atoms with Crippen LogP contribution in [0.1, 0.15) is 34.8 Å². The molecule has 2 aromatic rings. The Morgan fingerprint density at radius 2 is 1.81 bits per heavy atom. The van der Waals surface area contributed by atoms with Crippen molar-refractivity contribution in [1.29, 1.82) is 0 Å². The van der Waals surface area contributed by atoms with Crippen molar-refractivity contribution in [3.63, 3.8) is 0 Å². The predicted molar refractivity (Wildman–Crippen MR) is 94.6 cm³/mol. The van der Waals surface area contributed by atoms with Gasteiger partial charge in [-0.2, -0.15) is 5.10 Å². The molecule has 1 aromatic heterocycles. The predicted octanol–water partition coefficient (Wildman–Crippen LogP) is 0.906. The summed E-state index contributed by atoms with van der Waals surface area (Å²) in [5.41, 5.74) is 0.577. The largest absolute Gasteiger partial charge is 0.355 e. The van der Waals surface area contributed by atoms with Crippen LogP contribution in [0.4, 0.5) is 0 Å². The molecule has 7 heteroatoms. The highest BCUT2D eigenvalue weighted by molar-refractivity contribution is 5.92. The van der Waals surface area contributed by atoms with Crippen LogP contribution in [0.5, 0.6) is 0 Å². The van der Waals surface area contributed by atoms with Crippen molar-refractivity contribution in [2.24, 2.45) is 5.41 Å². The Labute approximate surface area is 150 Å². The minimum atomic E-state index is -0.462. The maximum Gasteiger partial charge on any atom is 0.274 e. The Morgan fingerprint density at radius 1 is 1.08 bits per heavy atom. The third-order valence-corrected chi connectivity index (χ3v) is 5.63. The average Bonchev–Trinajstić information content (AvgIpc) is 2.99. The lowest BCUT2D eigenvalue weighted by Crippen LogP contribution is -2.48. The van der Waals surface area contributed by atoms with E-state index in [-0.39, 0.29) is 29.0 Å². The van der Waals surface area contributed by atoms with Gasteiger partial charge in [-0.3, -0.25) is 14.4 Å². The van der Waals surface area contributed by atoms with Gasteiger partial charge in [0.2, 0.25) is 5.91 Å². The molecular formula is C19H20N4O3. The minimum Gasteiger partial charge on any atom is -0.355 e. The van der Waals surface area contributed by atoms with Gasteiger partial charge in [-0.05, 0) is 24.5 Å². The lowest BCUT2D eigenvalue weighted by Gasteiger charge is -2.40. The summed E-state index contributed by atoms with van der Waals surface area (Å²) in [5, 5.41) is 9.11. The first kappa shape index (κ1) is 16.5. The van der Waals surface area contributed by atoms with Gasteiger partial charge in [0.05, 0.1) is 5.41 Å². The molecular weight excluding hydrogens is 332 g/mol. The number of aromatic nitrogens is 2. The highest BCUT2D eigenvalue weighted by Crippen LogP contribution is 2.47. The summed E-state index contributed by atoms with van der Waals surface area (Å²) in [5.74, 6) is -0.00829. The number of carbonyl (C=O) groups is 2. The van der Waals surface area contributed by atoms with E-state index < -0.39 is 5.41 Å². The molecule has 0 radical (unpaired) electrons. The number of likely N-dealkylation sites (tertiary alicyclic amines) is 1. The van der Waals surface area contributed by atoms with Gasteiger partial charge >= 0.3 is 0 Å². The first-order chi connectivity index (χ1) is 12.6. The van der Waals surface area contributed by atoms with Crippen molar-refractivity contribution in [1.82, 2.24) is 20.4 Å². The summed E-state index contributed by atoms with van der Waals surface area (Å²) in [6.45, 7) is 1.63. The number of nitrogens with one attached hydrogen (secondary N) is 2. The summed E-state index contributed by atoms with van der Waals surface area (Å²) in [6, 6.07) is 12.8. The Balaban J connectivity index is 1.52. The molecule has 0 bridgehead atoms. The van der Waals surface area contributed by atoms with E-state index in [4.69, 9.17) is 0 Å². The fourth-order valence-corrected chi connectivity index (χ4v) is 4.16. The number of nitrogens with zero attached hydrogens (tertiary/aromatic N) is 2. The highest BCUT2D eigenvalue weighted by atomic mass is 16.2. The van der Waals surface area contributed by atoms with E-state index >= 15 is 0 Å². The first-order valence-electron chi connectivity index (χ1n) is 8.78. The van der Waals surface area contributed by atoms with Gasteiger partial charge in [0.15, 0.2) is 0 Å². The van der Waals surface area contributed by atoms with E-state index in [2.05, 4.69) is 27.6 Å². The van der Waals surface area contributed by atoms with Crippen LogP contribution < -0.4 is 10.9 Å². The molecule has 0 saturated carbocycles. The van der Waals surface area contributed by atoms with E-state index in [9.17, 15) is 14.4 Å². The summed E-state index contributed by atoms with van der Waals surface area (Å²) in [4.78, 5) is 38.1. The zero-order valence-corrected chi connectivity index (χ0v) is 14.3. The molecule has 7 nitrogen and oxygen atoms in total. The number of piperidine rings is 1. The van der Waals surface area contributed by atoms with Crippen molar-refractivity contribution in [3.05, 3.63) is 64.1 Å². The van der Waals surface area contributed by atoms with Crippen molar-refractivity contribution in [3.8, 4) is 0 Å². The van der Waals surface area contributed by atoms with Crippen LogP contribution in [0.3, 0.4) is 0 Å². The second-order valence-corrected chi connectivity index (χ2v) is 6.93. The molecule has 26 heavy (non-hydrogen) atoms. The summed E-state index contributed by atoms with van der Waals surface area (Å²) >= 11 is 0. The van der Waals surface area contributed by atoms with E-state index in [1.165, 1.54) is 12.1 Å². The molecule has 1 aromatic carbocycles. The van der Waals surface area contributed by atoms with Crippen molar-refractivity contribution < 1.29 is 9.59 Å². The number of hydrogen-bond donors (Lipinski definition) is 2. The molecule has 2 N–H and O–H groups in total. The number of amides is 2. The number of aromatic amines is 1. The van der Waals surface area contributed by atoms with Crippen LogP contribution in [-0.2, 0) is 4.79 Å². The van der Waals surface area contributed by atoms with Crippen molar-refractivity contribution >= 4 is 11.8 Å². The van der Waals surface area contributed by atoms with Crippen LogP contribution in [-0.4, -0.2) is 46.5 Å². The standard InChI is InChI=1S/C19H20N4O3/c24-16-7-6-15(21-22-16)17(25)23-10-8-19(9-11-23)14(12-20-18(19)26)13-4-2-1-3-5-13/h1-7,14H,8-12H2,(H,20,26)(H,22,24). The third-order valence-electron chi connectivity index (χ3n) is 5.63. The molecule has 4 rings (SSSR count). The van der Waals surface area contributed by atoms with Crippen LogP contribution in [0, 0.1) is 5.41 Å². The lowest BCUT2D eigenvalue weighted by molar-refractivity contribution is -0.130. The fourth-order valence-electron chi connectivity index (χ4n) is 4.16. The normalized spacial score (nSPS) is 21.6. The molecule has 2 saturated heterocycles. The van der Waals surface area contributed by atoms with Gasteiger partial charge in [-0.15, -0.1) is 0 Å². The molecule has 2 fully saturated rings. The summed E-state index contributed by atoms with van der Waals surface area (Å²) < 4.78 is 0. The van der Waals surface area contributed by atoms with Crippen molar-refractivity contribution in [2.75, 3.05) is 19.6 Å². The highest BCUT2D eigenvalue weighted by Gasteiger charge is 2.52. The fraction of sp³-hybridized carbons (Fsp3) is 0.368. The second-order valence-electron chi connectivity index (χ2n) is 6.93. The van der Waals surface area contributed by atoms with E-state index in [0.717, 1.165) is 5.56 Å². The SMILES string of the molecule is O=C(c1ccc(=O)[nH]n1)N1CCC2(CC1)C(=O)NCC2c1ccccc1. The van der Waals surface area contributed by atoms with Gasteiger partial charge in [-0.1, -0.05) is 30.3 Å². The molecule has 134 valence electrons. The number of benzene rings is 1. The molecule has 0 aliphatic carbocycles. The van der Waals surface area contributed by atoms with Crippen LogP contribution in [0.25, 0.3) is 0 Å². The number of rotatable bonds is 2. The van der Waals surface area contributed by atoms with Crippen molar-refractivity contribution in [2.45, 2.75) is 18.8 Å². The van der Waals surface area contributed by atoms with E-state index in [0.29, 0.717) is 32.5 Å². The zero-order chi connectivity index (χ0) is 18.1. The molecule has 1 atom stereocenters. The maximum atomic E-state index is 12.7. The Morgan fingerprint density at radius 3 is 2.46 bits per heavy atom. The maximum absolute atomic E-state index is 12.7. The Hall–Kier alpha value is -2.96. The molecule has 2 amide bonds. The Bertz CT molecular complexity index is 865. The number of hydrogen-bond acceptors (Lipinski definition) is 4. The first-order valence-corrected chi connectivity index (χ1v) is 8.78. The molecule has 3 heterocycles. The van der Waals surface area contributed by atoms with Gasteiger partial charge in [0.25, 0.3) is 11.5 Å². The molecule has 2 aliphatic heterocycles. The van der Waals surface area contributed by atoms with Gasteiger partial charge < -0.3 is 10.2 Å². The number of H-pyrrole nitrogens is 1. The van der Waals surface area contributed by atoms with Gasteiger partial charge in [0.1, 0.15) is 5.69 Å². The summed E-state index contributed by atoms with van der Waals surface area (Å²) in [6.07, 6.45) is 1.24. The van der Waals surface area contributed by atoms with Gasteiger partial charge in [0, 0.05) is 31.6 Å². The van der Waals surface area contributed by atoms with Crippen LogP contribution >= 0.6 is 0 Å². The monoisotopic (exact) mass is 352 g/mol.